The maximum absolute atomic E-state index is 12.8. The molecule has 0 aliphatic carbocycles. The number of unbranched alkanes of at least 4 members (excludes halogenated alkanes) is 8. The zero-order chi connectivity index (χ0) is 50.4. The summed E-state index contributed by atoms with van der Waals surface area (Å²) in [5.41, 5.74) is 0. The largest absolute Gasteiger partial charge is 0.465 e. The number of alkyl carbamates (subject to hydrolysis) is 1. The van der Waals surface area contributed by atoms with Gasteiger partial charge in [-0.2, -0.15) is 0 Å². The number of rotatable bonds is 44. The first-order chi connectivity index (χ1) is 33.6. The summed E-state index contributed by atoms with van der Waals surface area (Å²) in [5, 5.41) is 2.71. The molecule has 0 atom stereocenters. The number of esters is 4. The molecule has 1 heterocycles. The van der Waals surface area contributed by atoms with E-state index in [0.717, 1.165) is 107 Å². The van der Waals surface area contributed by atoms with Gasteiger partial charge in [-0.05, 0) is 135 Å². The lowest BCUT2D eigenvalue weighted by Crippen LogP contribution is -2.32. The normalized spacial score (nSPS) is 13.3. The minimum atomic E-state index is -0.638. The van der Waals surface area contributed by atoms with Crippen LogP contribution in [0.3, 0.4) is 0 Å². The number of allylic oxidation sites excluding steroid dienone is 8. The number of ether oxygens (including phenoxy) is 5. The predicted octanol–water partition coefficient (Wildman–Crippen LogP) is 12.1. The summed E-state index contributed by atoms with van der Waals surface area (Å²) in [6, 6.07) is 0. The average molecular weight is 973 g/mol. The Balaban J connectivity index is 2.56. The molecule has 1 amide bonds. The van der Waals surface area contributed by atoms with Gasteiger partial charge >= 0.3 is 30.0 Å². The molecule has 0 unspecified atom stereocenters. The van der Waals surface area contributed by atoms with Crippen molar-refractivity contribution in [3.8, 4) is 0 Å². The molecule has 69 heavy (non-hydrogen) atoms. The molecule has 394 valence electrons. The minimum Gasteiger partial charge on any atom is -0.465 e. The van der Waals surface area contributed by atoms with Crippen molar-refractivity contribution in [2.75, 3.05) is 52.7 Å². The first-order valence-electron chi connectivity index (χ1n) is 26.9. The van der Waals surface area contributed by atoms with E-state index >= 15 is 0 Å². The monoisotopic (exact) mass is 973 g/mol. The summed E-state index contributed by atoms with van der Waals surface area (Å²) >= 11 is 0. The van der Waals surface area contributed by atoms with Crippen LogP contribution in [0, 0.1) is 10.8 Å². The Morgan fingerprint density at radius 1 is 0.507 bits per heavy atom. The van der Waals surface area contributed by atoms with Crippen molar-refractivity contribution < 1.29 is 52.4 Å². The molecule has 0 spiro atoms. The number of nitroso groups, excluding NO2 is 1. The summed E-state index contributed by atoms with van der Waals surface area (Å²) in [5.74, 6) is -1.84. The van der Waals surface area contributed by atoms with Crippen LogP contribution in [0.2, 0.25) is 0 Å². The Morgan fingerprint density at radius 2 is 0.899 bits per heavy atom. The molecule has 0 aromatic carbocycles. The Bertz CT molecular complexity index is 1370. The number of nitrogens with one attached hydrogen (secondary N) is 1. The second-order valence-electron chi connectivity index (χ2n) is 18.2. The molecule has 0 aromatic heterocycles. The quantitative estimate of drug-likeness (QED) is 0.0202. The fraction of sp³-hybridized carbons (Fsp3) is 0.764. The van der Waals surface area contributed by atoms with Gasteiger partial charge in [0.25, 0.3) is 0 Å². The lowest BCUT2D eigenvalue weighted by Gasteiger charge is -2.18. The van der Waals surface area contributed by atoms with E-state index in [1.165, 1.54) is 0 Å². The second kappa shape index (κ2) is 44.8. The number of nitrogens with zero attached hydrogens (tertiary/aromatic N) is 2. The zero-order valence-electron chi connectivity index (χ0n) is 43.5. The van der Waals surface area contributed by atoms with Gasteiger partial charge in [-0.3, -0.25) is 19.2 Å². The molecule has 1 fully saturated rings. The number of carbonyl (C=O) groups is 5. The van der Waals surface area contributed by atoms with Crippen LogP contribution in [-0.2, 0) is 42.9 Å². The maximum atomic E-state index is 12.8. The molecular weight excluding hydrogens is 879 g/mol. The molecule has 0 bridgehead atoms. The molecular formula is C55H94N3O11+. The van der Waals surface area contributed by atoms with Gasteiger partial charge in [0.15, 0.2) is 0 Å². The highest BCUT2D eigenvalue weighted by Gasteiger charge is 2.25. The number of amides is 1. The molecule has 1 N–H and O–H groups in total. The van der Waals surface area contributed by atoms with Gasteiger partial charge in [0, 0.05) is 48.4 Å². The van der Waals surface area contributed by atoms with Crippen LogP contribution in [0.25, 0.3) is 0 Å². The zero-order valence-corrected chi connectivity index (χ0v) is 43.5. The van der Waals surface area contributed by atoms with E-state index in [1.807, 2.05) is 4.90 Å². The van der Waals surface area contributed by atoms with Gasteiger partial charge in [-0.25, -0.2) is 9.69 Å². The Hall–Kier alpha value is -4.33. The Labute approximate surface area is 416 Å². The van der Waals surface area contributed by atoms with Crippen molar-refractivity contribution in [2.45, 2.75) is 213 Å². The molecule has 1 rings (SSSR count). The summed E-state index contributed by atoms with van der Waals surface area (Å²) in [6.07, 6.45) is 37.0. The van der Waals surface area contributed by atoms with Gasteiger partial charge in [0.2, 0.25) is 13.2 Å². The van der Waals surface area contributed by atoms with Crippen LogP contribution in [-0.4, -0.2) is 105 Å². The molecule has 14 heteroatoms. The first kappa shape index (κ1) is 62.7. The minimum absolute atomic E-state index is 0.0891. The number of carbonyl (C=O) groups excluding carboxylic acids is 5. The fourth-order valence-corrected chi connectivity index (χ4v) is 7.68. The van der Waals surface area contributed by atoms with Crippen LogP contribution in [0.15, 0.2) is 48.6 Å². The third-order valence-electron chi connectivity index (χ3n) is 11.7. The summed E-state index contributed by atoms with van der Waals surface area (Å²) < 4.78 is 29.3. The van der Waals surface area contributed by atoms with Gasteiger partial charge in [0.05, 0.1) is 12.5 Å². The van der Waals surface area contributed by atoms with Crippen LogP contribution in [0.4, 0.5) is 4.79 Å². The smallest absolute Gasteiger partial charge is 0.407 e. The highest BCUT2D eigenvalue weighted by Crippen LogP contribution is 2.18. The van der Waals surface area contributed by atoms with E-state index in [9.17, 15) is 28.9 Å². The van der Waals surface area contributed by atoms with E-state index in [0.29, 0.717) is 90.6 Å². The van der Waals surface area contributed by atoms with Crippen molar-refractivity contribution in [1.29, 1.82) is 0 Å². The molecule has 1 aliphatic rings. The summed E-state index contributed by atoms with van der Waals surface area (Å²) in [6.45, 7) is 10.7. The van der Waals surface area contributed by atoms with E-state index in [2.05, 4.69) is 81.6 Å². The number of hydrogen-bond acceptors (Lipinski definition) is 12. The van der Waals surface area contributed by atoms with Crippen LogP contribution < -0.4 is 5.32 Å². The third-order valence-corrected chi connectivity index (χ3v) is 11.7. The van der Waals surface area contributed by atoms with Gasteiger partial charge in [-0.15, -0.1) is 0 Å². The highest BCUT2D eigenvalue weighted by atomic mass is 16.6. The molecule has 0 saturated carbocycles. The van der Waals surface area contributed by atoms with Crippen LogP contribution >= 0.6 is 0 Å². The van der Waals surface area contributed by atoms with Crippen LogP contribution in [0.5, 0.6) is 0 Å². The van der Waals surface area contributed by atoms with Crippen molar-refractivity contribution in [1.82, 2.24) is 10.2 Å². The standard InChI is InChI=1S/C55H93N3O11/c1-5-9-13-17-23-32-49(33-24-18-14-10-6-2)68-53(61)38-29-21-27-36-51(59)65-44-48(46-67-55(63)56-40-31-41-57-42-43-58(64)47-57)45-66-52(60)37-28-22-30-39-54(62)69-50(34-25-19-15-11-7-3)35-26-20-16-12-8-4/h9-16,48-50H,5-8,17-47H2,1-4H3/p+1/b13-9-,14-10-,15-11-,16-12-. The van der Waals surface area contributed by atoms with Crippen molar-refractivity contribution in [2.24, 2.45) is 5.92 Å². The van der Waals surface area contributed by atoms with Crippen LogP contribution in [0.1, 0.15) is 201 Å². The summed E-state index contributed by atoms with van der Waals surface area (Å²) in [4.78, 5) is 77.0. The van der Waals surface area contributed by atoms with Gasteiger partial charge < -0.3 is 29.0 Å². The number of hydrogen-bond donors (Lipinski definition) is 1. The summed E-state index contributed by atoms with van der Waals surface area (Å²) in [7, 11) is 0. The topological polar surface area (TPSA) is 167 Å². The average Bonchev–Trinajstić information content (AvgIpc) is 3.76. The second-order valence-corrected chi connectivity index (χ2v) is 18.2. The molecule has 14 nitrogen and oxygen atoms in total. The van der Waals surface area contributed by atoms with Gasteiger partial charge in [0.1, 0.15) is 32.0 Å². The third kappa shape index (κ3) is 39.1. The molecule has 0 aromatic rings. The lowest BCUT2D eigenvalue weighted by molar-refractivity contribution is -0.536. The first-order valence-corrected chi connectivity index (χ1v) is 26.9. The fourth-order valence-electron chi connectivity index (χ4n) is 7.68. The Morgan fingerprint density at radius 3 is 1.28 bits per heavy atom. The van der Waals surface area contributed by atoms with Crippen molar-refractivity contribution in [3.63, 3.8) is 0 Å². The predicted molar refractivity (Wildman–Crippen MR) is 273 cm³/mol. The molecule has 1 saturated heterocycles. The van der Waals surface area contributed by atoms with E-state index < -0.39 is 23.9 Å². The SMILES string of the molecule is CC/C=C\CCCC(CCC/C=C\CC)OC(=O)CCCCCC(=O)OCC(COC(=O)CCCCCC(=O)OC(CCC/C=C\CC)CCC/C=C\CC)COC(=O)NCCCN1CC[N+](=O)C1. The molecule has 0 radical (unpaired) electrons. The Kier molecular flexibility index (Phi) is 40.7. The van der Waals surface area contributed by atoms with Crippen molar-refractivity contribution >= 4 is 30.0 Å². The van der Waals surface area contributed by atoms with E-state index in [4.69, 9.17) is 23.7 Å². The van der Waals surface area contributed by atoms with E-state index in [-0.39, 0.29) is 56.8 Å². The highest BCUT2D eigenvalue weighted by molar-refractivity contribution is 5.71. The van der Waals surface area contributed by atoms with Crippen molar-refractivity contribution in [3.05, 3.63) is 53.5 Å². The molecule has 1 aliphatic heterocycles. The maximum Gasteiger partial charge on any atom is 0.407 e. The lowest BCUT2D eigenvalue weighted by atomic mass is 10.0. The van der Waals surface area contributed by atoms with Gasteiger partial charge in [-0.1, -0.05) is 89.1 Å². The van der Waals surface area contributed by atoms with E-state index in [1.54, 1.807) is 0 Å².